The van der Waals surface area contributed by atoms with Crippen molar-refractivity contribution in [3.05, 3.63) is 33.9 Å². The van der Waals surface area contributed by atoms with Crippen LogP contribution >= 0.6 is 0 Å². The second-order valence-corrected chi connectivity index (χ2v) is 4.22. The Kier molecular flexibility index (Phi) is 3.83. The van der Waals surface area contributed by atoms with Crippen LogP contribution in [0.5, 0.6) is 0 Å². The highest BCUT2D eigenvalue weighted by Crippen LogP contribution is 2.29. The van der Waals surface area contributed by atoms with Crippen molar-refractivity contribution in [2.45, 2.75) is 0 Å². The van der Waals surface area contributed by atoms with Gasteiger partial charge in [-0.25, -0.2) is 4.79 Å². The lowest BCUT2D eigenvalue weighted by molar-refractivity contribution is -0.384. The van der Waals surface area contributed by atoms with E-state index in [9.17, 15) is 19.7 Å². The van der Waals surface area contributed by atoms with Crippen LogP contribution in [0.2, 0.25) is 0 Å². The molecule has 0 unspecified atom stereocenters. The maximum Gasteiger partial charge on any atom is 0.337 e. The molecule has 1 aromatic carbocycles. The number of carbonyl (C=O) groups is 2. The summed E-state index contributed by atoms with van der Waals surface area (Å²) in [5.41, 5.74) is 0.305. The van der Waals surface area contributed by atoms with Gasteiger partial charge in [0, 0.05) is 19.2 Å². The molecule has 0 atom stereocenters. The number of methoxy groups -OCH3 is 1. The Hall–Kier alpha value is -2.64. The summed E-state index contributed by atoms with van der Waals surface area (Å²) in [5.74, 6) is -0.795. The molecule has 1 aliphatic heterocycles. The summed E-state index contributed by atoms with van der Waals surface area (Å²) in [7, 11) is 1.23. The predicted octanol–water partition coefficient (Wildman–Crippen LogP) is 0.318. The van der Waals surface area contributed by atoms with Crippen LogP contribution in [0.1, 0.15) is 10.4 Å². The van der Waals surface area contributed by atoms with Gasteiger partial charge in [0.15, 0.2) is 0 Å². The van der Waals surface area contributed by atoms with Gasteiger partial charge in [-0.05, 0) is 12.1 Å². The Bertz CT molecular complexity index is 572. The topological polar surface area (TPSA) is 102 Å². The largest absolute Gasteiger partial charge is 0.465 e. The van der Waals surface area contributed by atoms with Gasteiger partial charge in [-0.1, -0.05) is 0 Å². The molecular formula is C12H13N3O5. The smallest absolute Gasteiger partial charge is 0.337 e. The van der Waals surface area contributed by atoms with E-state index in [1.165, 1.54) is 25.3 Å². The molecule has 1 heterocycles. The monoisotopic (exact) mass is 279 g/mol. The second kappa shape index (κ2) is 5.55. The Balaban J connectivity index is 2.43. The zero-order valence-electron chi connectivity index (χ0n) is 10.8. The molecule has 106 valence electrons. The van der Waals surface area contributed by atoms with Crippen molar-refractivity contribution in [2.24, 2.45) is 0 Å². The van der Waals surface area contributed by atoms with Crippen LogP contribution in [-0.2, 0) is 9.53 Å². The van der Waals surface area contributed by atoms with E-state index in [2.05, 4.69) is 10.1 Å². The number of hydrogen-bond donors (Lipinski definition) is 1. The Morgan fingerprint density at radius 3 is 2.85 bits per heavy atom. The van der Waals surface area contributed by atoms with Gasteiger partial charge in [0.1, 0.15) is 5.69 Å². The first-order chi connectivity index (χ1) is 9.52. The van der Waals surface area contributed by atoms with Gasteiger partial charge < -0.3 is 15.0 Å². The van der Waals surface area contributed by atoms with E-state index in [0.29, 0.717) is 13.1 Å². The minimum Gasteiger partial charge on any atom is -0.465 e. The predicted molar refractivity (Wildman–Crippen MR) is 69.7 cm³/mol. The van der Waals surface area contributed by atoms with Gasteiger partial charge in [-0.2, -0.15) is 0 Å². The quantitative estimate of drug-likeness (QED) is 0.485. The highest BCUT2D eigenvalue weighted by Gasteiger charge is 2.25. The first kappa shape index (κ1) is 13.8. The number of nitro groups is 1. The average Bonchev–Trinajstić information content (AvgIpc) is 2.45. The number of rotatable bonds is 3. The van der Waals surface area contributed by atoms with Crippen LogP contribution in [0.15, 0.2) is 18.2 Å². The first-order valence-electron chi connectivity index (χ1n) is 5.91. The molecule has 8 nitrogen and oxygen atoms in total. The Morgan fingerprint density at radius 1 is 1.50 bits per heavy atom. The summed E-state index contributed by atoms with van der Waals surface area (Å²) in [5, 5.41) is 13.7. The van der Waals surface area contributed by atoms with E-state index < -0.39 is 10.9 Å². The van der Waals surface area contributed by atoms with Crippen molar-refractivity contribution >= 4 is 23.3 Å². The van der Waals surface area contributed by atoms with E-state index in [1.54, 1.807) is 4.90 Å². The number of piperazine rings is 1. The standard InChI is InChI=1S/C12H13N3O5/c1-20-12(17)8-2-3-9(15(18)19)10(6-8)14-5-4-13-11(16)7-14/h2-3,6H,4-5,7H2,1H3,(H,13,16). The lowest BCUT2D eigenvalue weighted by atomic mass is 10.1. The molecule has 0 radical (unpaired) electrons. The maximum atomic E-state index is 11.5. The van der Waals surface area contributed by atoms with Crippen molar-refractivity contribution in [1.29, 1.82) is 0 Å². The number of esters is 1. The number of nitro benzene ring substituents is 1. The van der Waals surface area contributed by atoms with Gasteiger partial charge in [-0.15, -0.1) is 0 Å². The number of carbonyl (C=O) groups excluding carboxylic acids is 2. The van der Waals surface area contributed by atoms with Crippen LogP contribution in [0.25, 0.3) is 0 Å². The molecule has 0 aromatic heterocycles. The summed E-state index contributed by atoms with van der Waals surface area (Å²) in [6.07, 6.45) is 0. The normalized spacial score (nSPS) is 14.7. The van der Waals surface area contributed by atoms with Crippen molar-refractivity contribution < 1.29 is 19.2 Å². The summed E-state index contributed by atoms with van der Waals surface area (Å²) in [6, 6.07) is 3.95. The molecule has 1 aromatic rings. The zero-order chi connectivity index (χ0) is 14.7. The fraction of sp³-hybridized carbons (Fsp3) is 0.333. The summed E-state index contributed by atoms with van der Waals surface area (Å²) < 4.78 is 4.59. The molecule has 0 bridgehead atoms. The highest BCUT2D eigenvalue weighted by molar-refractivity contribution is 5.92. The van der Waals surface area contributed by atoms with Crippen LogP contribution < -0.4 is 10.2 Å². The van der Waals surface area contributed by atoms with Crippen LogP contribution in [0, 0.1) is 10.1 Å². The third kappa shape index (κ3) is 2.68. The number of hydrogen-bond acceptors (Lipinski definition) is 6. The molecule has 2 rings (SSSR count). The van der Waals surface area contributed by atoms with Gasteiger partial charge >= 0.3 is 5.97 Å². The molecule has 8 heteroatoms. The number of benzene rings is 1. The number of nitrogens with one attached hydrogen (secondary N) is 1. The molecule has 20 heavy (non-hydrogen) atoms. The molecule has 1 fully saturated rings. The minimum absolute atomic E-state index is 0.0193. The molecule has 1 aliphatic rings. The van der Waals surface area contributed by atoms with Gasteiger partial charge in [-0.3, -0.25) is 14.9 Å². The van der Waals surface area contributed by atoms with Gasteiger partial charge in [0.25, 0.3) is 5.69 Å². The summed E-state index contributed by atoms with van der Waals surface area (Å²) in [6.45, 7) is 0.862. The highest BCUT2D eigenvalue weighted by atomic mass is 16.6. The van der Waals surface area contributed by atoms with Crippen LogP contribution in [0.3, 0.4) is 0 Å². The lowest BCUT2D eigenvalue weighted by Crippen LogP contribution is -2.47. The third-order valence-corrected chi connectivity index (χ3v) is 2.97. The number of amides is 1. The second-order valence-electron chi connectivity index (χ2n) is 4.22. The Morgan fingerprint density at radius 2 is 2.25 bits per heavy atom. The average molecular weight is 279 g/mol. The lowest BCUT2D eigenvalue weighted by Gasteiger charge is -2.28. The maximum absolute atomic E-state index is 11.5. The fourth-order valence-corrected chi connectivity index (χ4v) is 2.02. The van der Waals surface area contributed by atoms with Crippen molar-refractivity contribution in [1.82, 2.24) is 5.32 Å². The van der Waals surface area contributed by atoms with Crippen LogP contribution in [-0.4, -0.2) is 43.5 Å². The molecule has 0 aliphatic carbocycles. The van der Waals surface area contributed by atoms with E-state index >= 15 is 0 Å². The number of anilines is 1. The van der Waals surface area contributed by atoms with Gasteiger partial charge in [0.05, 0.1) is 24.1 Å². The van der Waals surface area contributed by atoms with E-state index in [-0.39, 0.29) is 29.4 Å². The summed E-state index contributed by atoms with van der Waals surface area (Å²) >= 11 is 0. The van der Waals surface area contributed by atoms with Crippen molar-refractivity contribution in [3.8, 4) is 0 Å². The van der Waals surface area contributed by atoms with Gasteiger partial charge in [0.2, 0.25) is 5.91 Å². The SMILES string of the molecule is COC(=O)c1ccc([N+](=O)[O-])c(N2CCNC(=O)C2)c1. The molecular weight excluding hydrogens is 266 g/mol. The summed E-state index contributed by atoms with van der Waals surface area (Å²) in [4.78, 5) is 35.0. The number of nitrogens with zero attached hydrogens (tertiary/aromatic N) is 2. The van der Waals surface area contributed by atoms with E-state index in [1.807, 2.05) is 0 Å². The molecule has 1 saturated heterocycles. The Labute approximate surface area is 114 Å². The zero-order valence-corrected chi connectivity index (χ0v) is 10.8. The minimum atomic E-state index is -0.581. The fourth-order valence-electron chi connectivity index (χ4n) is 2.02. The number of ether oxygens (including phenoxy) is 1. The third-order valence-electron chi connectivity index (χ3n) is 2.97. The first-order valence-corrected chi connectivity index (χ1v) is 5.91. The van der Waals surface area contributed by atoms with E-state index in [4.69, 9.17) is 0 Å². The molecule has 1 N–H and O–H groups in total. The van der Waals surface area contributed by atoms with Crippen LogP contribution in [0.4, 0.5) is 11.4 Å². The molecule has 0 spiro atoms. The molecule has 1 amide bonds. The van der Waals surface area contributed by atoms with E-state index in [0.717, 1.165) is 0 Å². The molecule has 0 saturated carbocycles. The van der Waals surface area contributed by atoms with Crippen molar-refractivity contribution in [2.75, 3.05) is 31.6 Å². The van der Waals surface area contributed by atoms with Crippen molar-refractivity contribution in [3.63, 3.8) is 0 Å².